The highest BCUT2D eigenvalue weighted by Crippen LogP contribution is 2.43. The van der Waals surface area contributed by atoms with E-state index in [0.29, 0.717) is 5.56 Å². The minimum atomic E-state index is -4.93. The molecule has 0 aliphatic heterocycles. The Balaban J connectivity index is 2.41. The minimum absolute atomic E-state index is 0.0825. The second-order valence-electron chi connectivity index (χ2n) is 4.93. The van der Waals surface area contributed by atoms with E-state index in [1.165, 1.54) is 24.3 Å². The molecule has 9 heteroatoms. The van der Waals surface area contributed by atoms with Gasteiger partial charge in [0.05, 0.1) is 5.56 Å². The van der Waals surface area contributed by atoms with Crippen LogP contribution in [0.15, 0.2) is 42.5 Å². The Morgan fingerprint density at radius 3 is 2.26 bits per heavy atom. The molecule has 0 bridgehead atoms. The largest absolute Gasteiger partial charge is 0.524 e. The van der Waals surface area contributed by atoms with Gasteiger partial charge in [-0.2, -0.15) is 0 Å². The van der Waals surface area contributed by atoms with E-state index in [0.717, 1.165) is 18.2 Å². The first-order valence-corrected chi connectivity index (χ1v) is 7.91. The van der Waals surface area contributed by atoms with Gasteiger partial charge in [0.1, 0.15) is 17.2 Å². The van der Waals surface area contributed by atoms with Crippen molar-refractivity contribution in [2.24, 2.45) is 0 Å². The molecule has 0 fully saturated rings. The van der Waals surface area contributed by atoms with Crippen molar-refractivity contribution in [3.63, 3.8) is 0 Å². The quantitative estimate of drug-likeness (QED) is 0.348. The predicted octanol–water partition coefficient (Wildman–Crippen LogP) is 0.949. The van der Waals surface area contributed by atoms with Crippen LogP contribution in [0.3, 0.4) is 0 Å². The third kappa shape index (κ3) is 4.69. The van der Waals surface area contributed by atoms with Gasteiger partial charge in [0.25, 0.3) is 0 Å². The Kier molecular flexibility index (Phi) is 4.65. The molecule has 0 atom stereocenters. The SMILES string of the molecule is O=P(O)(O)Oc1ccc(O)cc1C(O)(O)Cc1cccc(O)c1. The molecule has 2 aromatic carbocycles. The number of phenolic OH excluding ortho intramolecular Hbond substituents is 2. The van der Waals surface area contributed by atoms with Crippen LogP contribution in [0.25, 0.3) is 0 Å². The fourth-order valence-electron chi connectivity index (χ4n) is 2.08. The first kappa shape index (κ1) is 17.3. The lowest BCUT2D eigenvalue weighted by Crippen LogP contribution is -2.28. The topological polar surface area (TPSA) is 148 Å². The highest BCUT2D eigenvalue weighted by atomic mass is 31.2. The number of aliphatic hydroxyl groups is 2. The molecule has 2 aromatic rings. The van der Waals surface area contributed by atoms with Gasteiger partial charge in [-0.15, -0.1) is 0 Å². The van der Waals surface area contributed by atoms with Crippen LogP contribution in [-0.2, 0) is 16.8 Å². The van der Waals surface area contributed by atoms with E-state index in [1.54, 1.807) is 0 Å². The number of phosphoric acid groups is 1. The Morgan fingerprint density at radius 2 is 1.65 bits per heavy atom. The lowest BCUT2D eigenvalue weighted by atomic mass is 9.96. The van der Waals surface area contributed by atoms with E-state index in [4.69, 9.17) is 9.79 Å². The molecule has 0 aromatic heterocycles. The van der Waals surface area contributed by atoms with Gasteiger partial charge < -0.3 is 24.9 Å². The summed E-state index contributed by atoms with van der Waals surface area (Å²) in [4.78, 5) is 17.8. The molecule has 0 aliphatic carbocycles. The summed E-state index contributed by atoms with van der Waals surface area (Å²) in [6.45, 7) is 0. The van der Waals surface area contributed by atoms with Crippen LogP contribution in [-0.4, -0.2) is 30.2 Å². The highest BCUT2D eigenvalue weighted by Gasteiger charge is 2.32. The van der Waals surface area contributed by atoms with Crippen molar-refractivity contribution in [1.29, 1.82) is 0 Å². The zero-order valence-electron chi connectivity index (χ0n) is 11.7. The van der Waals surface area contributed by atoms with E-state index in [2.05, 4.69) is 4.52 Å². The van der Waals surface area contributed by atoms with Crippen molar-refractivity contribution in [1.82, 2.24) is 0 Å². The number of hydrogen-bond acceptors (Lipinski definition) is 6. The molecule has 0 radical (unpaired) electrons. The summed E-state index contributed by atoms with van der Waals surface area (Å²) >= 11 is 0. The molecular formula is C14H15O8P. The lowest BCUT2D eigenvalue weighted by Gasteiger charge is -2.25. The molecule has 124 valence electrons. The van der Waals surface area contributed by atoms with Gasteiger partial charge in [-0.1, -0.05) is 12.1 Å². The summed E-state index contributed by atoms with van der Waals surface area (Å²) in [6.07, 6.45) is -0.414. The van der Waals surface area contributed by atoms with E-state index < -0.39 is 31.3 Å². The summed E-state index contributed by atoms with van der Waals surface area (Å²) in [5, 5.41) is 39.4. The van der Waals surface area contributed by atoms with Crippen LogP contribution in [0.5, 0.6) is 17.2 Å². The molecule has 0 amide bonds. The van der Waals surface area contributed by atoms with Gasteiger partial charge in [0.2, 0.25) is 0 Å². The molecule has 0 saturated heterocycles. The zero-order chi connectivity index (χ0) is 17.3. The second kappa shape index (κ2) is 6.19. The Hall–Kier alpha value is -2.09. The molecule has 2 rings (SSSR count). The summed E-state index contributed by atoms with van der Waals surface area (Å²) in [5.74, 6) is -3.51. The Labute approximate surface area is 131 Å². The molecule has 8 nitrogen and oxygen atoms in total. The van der Waals surface area contributed by atoms with Crippen molar-refractivity contribution >= 4 is 7.82 Å². The van der Waals surface area contributed by atoms with Gasteiger partial charge in [-0.3, -0.25) is 9.79 Å². The van der Waals surface area contributed by atoms with E-state index >= 15 is 0 Å². The first-order valence-electron chi connectivity index (χ1n) is 6.38. The summed E-state index contributed by atoms with van der Waals surface area (Å²) in [7, 11) is -4.93. The predicted molar refractivity (Wildman–Crippen MR) is 78.7 cm³/mol. The van der Waals surface area contributed by atoms with Gasteiger partial charge in [-0.05, 0) is 35.9 Å². The fourth-order valence-corrected chi connectivity index (χ4v) is 2.50. The molecule has 0 unspecified atom stereocenters. The fraction of sp³-hybridized carbons (Fsp3) is 0.143. The van der Waals surface area contributed by atoms with Crippen LogP contribution in [0.1, 0.15) is 11.1 Å². The Morgan fingerprint density at radius 1 is 1.00 bits per heavy atom. The third-order valence-corrected chi connectivity index (χ3v) is 3.41. The van der Waals surface area contributed by atoms with Crippen LogP contribution in [0.4, 0.5) is 0 Å². The van der Waals surface area contributed by atoms with Crippen LogP contribution >= 0.6 is 7.82 Å². The maximum absolute atomic E-state index is 11.0. The van der Waals surface area contributed by atoms with Crippen LogP contribution in [0, 0.1) is 0 Å². The number of benzene rings is 2. The van der Waals surface area contributed by atoms with Gasteiger partial charge in [-0.25, -0.2) is 4.57 Å². The Bertz CT molecular complexity index is 752. The number of phenols is 2. The van der Waals surface area contributed by atoms with Crippen LogP contribution < -0.4 is 4.52 Å². The van der Waals surface area contributed by atoms with E-state index in [1.807, 2.05) is 0 Å². The summed E-state index contributed by atoms with van der Waals surface area (Å²) in [6, 6.07) is 8.73. The number of hydrogen-bond donors (Lipinski definition) is 6. The minimum Gasteiger partial charge on any atom is -0.508 e. The maximum atomic E-state index is 11.0. The maximum Gasteiger partial charge on any atom is 0.524 e. The van der Waals surface area contributed by atoms with Gasteiger partial charge in [0, 0.05) is 6.42 Å². The lowest BCUT2D eigenvalue weighted by molar-refractivity contribution is -0.168. The molecular weight excluding hydrogens is 327 g/mol. The number of rotatable bonds is 5. The average molecular weight is 342 g/mol. The first-order chi connectivity index (χ1) is 10.6. The smallest absolute Gasteiger partial charge is 0.508 e. The summed E-state index contributed by atoms with van der Waals surface area (Å²) < 4.78 is 15.4. The van der Waals surface area contributed by atoms with Gasteiger partial charge in [0.15, 0.2) is 5.79 Å². The standard InChI is InChI=1S/C14H15O8P/c15-10-3-1-2-9(6-10)8-14(17,18)12-7-11(16)4-5-13(12)22-23(19,20)21/h1-7,15-18H,8H2,(H2,19,20,21). The van der Waals surface area contributed by atoms with Crippen molar-refractivity contribution < 1.29 is 39.3 Å². The highest BCUT2D eigenvalue weighted by molar-refractivity contribution is 7.46. The molecule has 6 N–H and O–H groups in total. The summed E-state index contributed by atoms with van der Waals surface area (Å²) in [5.41, 5.74) is -0.0790. The van der Waals surface area contributed by atoms with E-state index in [9.17, 15) is 25.0 Å². The molecule has 0 saturated carbocycles. The van der Waals surface area contributed by atoms with Crippen molar-refractivity contribution in [2.75, 3.05) is 0 Å². The molecule has 0 heterocycles. The van der Waals surface area contributed by atoms with Crippen molar-refractivity contribution in [2.45, 2.75) is 12.2 Å². The number of phosphoric ester groups is 1. The molecule has 23 heavy (non-hydrogen) atoms. The van der Waals surface area contributed by atoms with Crippen LogP contribution in [0.2, 0.25) is 0 Å². The average Bonchev–Trinajstić information content (AvgIpc) is 2.38. The monoisotopic (exact) mass is 342 g/mol. The third-order valence-electron chi connectivity index (χ3n) is 2.97. The molecule has 0 aliphatic rings. The molecule has 0 spiro atoms. The van der Waals surface area contributed by atoms with Gasteiger partial charge >= 0.3 is 7.82 Å². The van der Waals surface area contributed by atoms with Crippen molar-refractivity contribution in [3.8, 4) is 17.2 Å². The normalized spacial score (nSPS) is 12.2. The van der Waals surface area contributed by atoms with Crippen molar-refractivity contribution in [3.05, 3.63) is 53.6 Å². The second-order valence-corrected chi connectivity index (χ2v) is 6.09. The number of aromatic hydroxyl groups is 2. The van der Waals surface area contributed by atoms with E-state index in [-0.39, 0.29) is 11.5 Å². The zero-order valence-corrected chi connectivity index (χ0v) is 12.6.